The summed E-state index contributed by atoms with van der Waals surface area (Å²) < 4.78 is 29.8. The zero-order valence-electron chi connectivity index (χ0n) is 18.1. The lowest BCUT2D eigenvalue weighted by atomic mass is 10.1. The SMILES string of the molecule is CCOC(=O)[C@H](C)N1C(=O)S/C(=C/c2cc(OC)c(OCc3ccc(F)cc3)cc2Br)C1=O. The second-order valence-corrected chi connectivity index (χ2v) is 8.77. The zero-order chi connectivity index (χ0) is 24.1. The van der Waals surface area contributed by atoms with E-state index in [4.69, 9.17) is 14.2 Å². The van der Waals surface area contributed by atoms with Crippen molar-refractivity contribution in [2.75, 3.05) is 13.7 Å². The van der Waals surface area contributed by atoms with Gasteiger partial charge in [0.05, 0.1) is 18.6 Å². The molecule has 1 heterocycles. The molecule has 0 saturated carbocycles. The van der Waals surface area contributed by atoms with Gasteiger partial charge in [-0.05, 0) is 67.1 Å². The Morgan fingerprint density at radius 2 is 1.91 bits per heavy atom. The number of benzene rings is 2. The molecule has 1 fully saturated rings. The van der Waals surface area contributed by atoms with E-state index in [0.29, 0.717) is 21.5 Å². The average Bonchev–Trinajstić information content (AvgIpc) is 3.07. The van der Waals surface area contributed by atoms with Crippen LogP contribution in [0.25, 0.3) is 6.08 Å². The Hall–Kier alpha value is -2.85. The minimum atomic E-state index is -1.02. The van der Waals surface area contributed by atoms with Crippen LogP contribution in [0, 0.1) is 5.82 Å². The van der Waals surface area contributed by atoms with Crippen LogP contribution < -0.4 is 9.47 Å². The molecule has 1 aliphatic heterocycles. The van der Waals surface area contributed by atoms with Crippen molar-refractivity contribution in [3.05, 3.63) is 62.7 Å². The van der Waals surface area contributed by atoms with Gasteiger partial charge in [0.25, 0.3) is 11.1 Å². The van der Waals surface area contributed by atoms with Crippen molar-refractivity contribution in [1.29, 1.82) is 0 Å². The smallest absolute Gasteiger partial charge is 0.329 e. The van der Waals surface area contributed by atoms with Gasteiger partial charge in [0.15, 0.2) is 11.5 Å². The van der Waals surface area contributed by atoms with Crippen molar-refractivity contribution in [1.82, 2.24) is 4.90 Å². The monoisotopic (exact) mass is 537 g/mol. The second-order valence-electron chi connectivity index (χ2n) is 6.92. The number of halogens is 2. The minimum absolute atomic E-state index is 0.150. The fourth-order valence-corrected chi connectivity index (χ4v) is 4.33. The first kappa shape index (κ1) is 24.8. The van der Waals surface area contributed by atoms with E-state index in [0.717, 1.165) is 22.2 Å². The quantitative estimate of drug-likeness (QED) is 0.339. The maximum absolute atomic E-state index is 13.1. The van der Waals surface area contributed by atoms with Gasteiger partial charge in [-0.3, -0.25) is 14.5 Å². The summed E-state index contributed by atoms with van der Waals surface area (Å²) in [6.07, 6.45) is 1.54. The van der Waals surface area contributed by atoms with Crippen molar-refractivity contribution in [3.63, 3.8) is 0 Å². The van der Waals surface area contributed by atoms with Gasteiger partial charge in [-0.15, -0.1) is 0 Å². The molecule has 0 aliphatic carbocycles. The average molecular weight is 538 g/mol. The highest BCUT2D eigenvalue weighted by Crippen LogP contribution is 2.38. The summed E-state index contributed by atoms with van der Waals surface area (Å²) >= 11 is 4.20. The Labute approximate surface area is 203 Å². The van der Waals surface area contributed by atoms with E-state index in [9.17, 15) is 18.8 Å². The summed E-state index contributed by atoms with van der Waals surface area (Å²) in [7, 11) is 1.48. The highest BCUT2D eigenvalue weighted by Gasteiger charge is 2.41. The number of methoxy groups -OCH3 is 1. The van der Waals surface area contributed by atoms with Gasteiger partial charge in [0.1, 0.15) is 18.5 Å². The number of nitrogens with zero attached hydrogens (tertiary/aromatic N) is 1. The molecule has 10 heteroatoms. The highest BCUT2D eigenvalue weighted by atomic mass is 79.9. The molecule has 1 aliphatic rings. The number of thioether (sulfide) groups is 1. The third kappa shape index (κ3) is 5.75. The number of imide groups is 1. The number of rotatable bonds is 8. The van der Waals surface area contributed by atoms with E-state index in [2.05, 4.69) is 15.9 Å². The lowest BCUT2D eigenvalue weighted by molar-refractivity contribution is -0.150. The number of esters is 1. The molecular weight excluding hydrogens is 517 g/mol. The van der Waals surface area contributed by atoms with E-state index in [1.165, 1.54) is 26.2 Å². The molecular formula is C23H21BrFNO6S. The van der Waals surface area contributed by atoms with Gasteiger partial charge in [0.2, 0.25) is 0 Å². The van der Waals surface area contributed by atoms with Crippen LogP contribution in [0.15, 0.2) is 45.8 Å². The lowest BCUT2D eigenvalue weighted by Crippen LogP contribution is -2.42. The summed E-state index contributed by atoms with van der Waals surface area (Å²) in [5, 5.41) is -0.547. The van der Waals surface area contributed by atoms with E-state index in [1.54, 1.807) is 37.3 Å². The zero-order valence-corrected chi connectivity index (χ0v) is 20.5. The summed E-state index contributed by atoms with van der Waals surface area (Å²) in [4.78, 5) is 38.2. The Morgan fingerprint density at radius 3 is 2.55 bits per heavy atom. The molecule has 7 nitrogen and oxygen atoms in total. The van der Waals surface area contributed by atoms with Crippen molar-refractivity contribution in [2.45, 2.75) is 26.5 Å². The Balaban J connectivity index is 1.81. The Bertz CT molecular complexity index is 1100. The fourth-order valence-electron chi connectivity index (χ4n) is 3.00. The third-order valence-corrected chi connectivity index (χ3v) is 6.29. The maximum Gasteiger partial charge on any atom is 0.329 e. The van der Waals surface area contributed by atoms with Crippen molar-refractivity contribution >= 4 is 50.9 Å². The number of ether oxygens (including phenoxy) is 3. The largest absolute Gasteiger partial charge is 0.493 e. The lowest BCUT2D eigenvalue weighted by Gasteiger charge is -2.19. The molecule has 0 unspecified atom stereocenters. The molecule has 1 saturated heterocycles. The molecule has 2 aromatic carbocycles. The van der Waals surface area contributed by atoms with Crippen LogP contribution >= 0.6 is 27.7 Å². The van der Waals surface area contributed by atoms with Gasteiger partial charge in [-0.25, -0.2) is 9.18 Å². The Kier molecular flexibility index (Phi) is 8.15. The number of hydrogen-bond donors (Lipinski definition) is 0. The van der Waals surface area contributed by atoms with Crippen LogP contribution in [0.3, 0.4) is 0 Å². The topological polar surface area (TPSA) is 82.1 Å². The minimum Gasteiger partial charge on any atom is -0.493 e. The molecule has 0 bridgehead atoms. The highest BCUT2D eigenvalue weighted by molar-refractivity contribution is 9.10. The van der Waals surface area contributed by atoms with E-state index in [-0.39, 0.29) is 23.9 Å². The van der Waals surface area contributed by atoms with Crippen LogP contribution in [-0.2, 0) is 20.9 Å². The van der Waals surface area contributed by atoms with Crippen LogP contribution in [0.5, 0.6) is 11.5 Å². The molecule has 2 amide bonds. The van der Waals surface area contributed by atoms with E-state index in [1.807, 2.05) is 0 Å². The number of amides is 2. The molecule has 0 radical (unpaired) electrons. The molecule has 0 spiro atoms. The van der Waals surface area contributed by atoms with E-state index >= 15 is 0 Å². The molecule has 174 valence electrons. The second kappa shape index (κ2) is 10.8. The van der Waals surface area contributed by atoms with Gasteiger partial charge >= 0.3 is 5.97 Å². The van der Waals surface area contributed by atoms with Gasteiger partial charge in [-0.1, -0.05) is 28.1 Å². The molecule has 3 rings (SSSR count). The first-order chi connectivity index (χ1) is 15.7. The first-order valence-electron chi connectivity index (χ1n) is 9.93. The van der Waals surface area contributed by atoms with Crippen LogP contribution in [0.2, 0.25) is 0 Å². The van der Waals surface area contributed by atoms with Crippen molar-refractivity contribution in [2.24, 2.45) is 0 Å². The summed E-state index contributed by atoms with van der Waals surface area (Å²) in [5.74, 6) is -0.704. The number of carbonyl (C=O) groups is 3. The predicted molar refractivity (Wildman–Crippen MR) is 125 cm³/mol. The van der Waals surface area contributed by atoms with Crippen LogP contribution in [0.4, 0.5) is 9.18 Å². The Morgan fingerprint density at radius 1 is 1.21 bits per heavy atom. The van der Waals surface area contributed by atoms with Crippen molar-refractivity contribution < 1.29 is 33.0 Å². The third-order valence-electron chi connectivity index (χ3n) is 4.72. The van der Waals surface area contributed by atoms with Crippen molar-refractivity contribution in [3.8, 4) is 11.5 Å². The molecule has 1 atom stereocenters. The predicted octanol–water partition coefficient (Wildman–Crippen LogP) is 5.16. The summed E-state index contributed by atoms with van der Waals surface area (Å²) in [5.41, 5.74) is 1.36. The maximum atomic E-state index is 13.1. The molecule has 2 aromatic rings. The number of hydrogen-bond acceptors (Lipinski definition) is 7. The summed E-state index contributed by atoms with van der Waals surface area (Å²) in [6, 6.07) is 8.27. The standard InChI is InChI=1S/C23H21BrFNO6S/c1-4-31-22(28)13(2)26-21(27)20(33-23(26)29)10-15-9-18(30-3)19(11-17(15)24)32-12-14-5-7-16(25)8-6-14/h5-11,13H,4,12H2,1-3H3/b20-10+/t13-/m0/s1. The summed E-state index contributed by atoms with van der Waals surface area (Å²) in [6.45, 7) is 3.45. The van der Waals surface area contributed by atoms with Crippen LogP contribution in [0.1, 0.15) is 25.0 Å². The fraction of sp³-hybridized carbons (Fsp3) is 0.261. The molecule has 33 heavy (non-hydrogen) atoms. The number of carbonyl (C=O) groups excluding carboxylic acids is 3. The molecule has 0 aromatic heterocycles. The van der Waals surface area contributed by atoms with Gasteiger partial charge < -0.3 is 14.2 Å². The van der Waals surface area contributed by atoms with E-state index < -0.39 is 23.2 Å². The molecule has 0 N–H and O–H groups in total. The van der Waals surface area contributed by atoms with Crippen LogP contribution in [-0.4, -0.2) is 41.8 Å². The normalized spacial score (nSPS) is 15.7. The van der Waals surface area contributed by atoms with Gasteiger partial charge in [-0.2, -0.15) is 0 Å². The first-order valence-corrected chi connectivity index (χ1v) is 11.5. The van der Waals surface area contributed by atoms with Gasteiger partial charge in [0, 0.05) is 4.47 Å².